The van der Waals surface area contributed by atoms with Crippen molar-refractivity contribution in [2.24, 2.45) is 5.92 Å². The van der Waals surface area contributed by atoms with Gasteiger partial charge in [-0.3, -0.25) is 9.20 Å². The third-order valence-corrected chi connectivity index (χ3v) is 8.32. The number of nitrogens with one attached hydrogen (secondary N) is 3. The molecular formula is C30H31N7O. The van der Waals surface area contributed by atoms with Gasteiger partial charge >= 0.3 is 0 Å². The zero-order valence-electron chi connectivity index (χ0n) is 21.2. The molecule has 0 radical (unpaired) electrons. The molecule has 1 saturated carbocycles. The highest BCUT2D eigenvalue weighted by Gasteiger charge is 2.31. The minimum absolute atomic E-state index is 0.110. The van der Waals surface area contributed by atoms with E-state index < -0.39 is 0 Å². The van der Waals surface area contributed by atoms with Crippen LogP contribution in [0.2, 0.25) is 0 Å². The maximum Gasteiger partial charge on any atom is 0.229 e. The molecule has 0 bridgehead atoms. The topological polar surface area (TPSA) is 113 Å². The van der Waals surface area contributed by atoms with E-state index in [1.807, 2.05) is 42.6 Å². The smallest absolute Gasteiger partial charge is 0.229 e. The number of nitrogens with zero attached hydrogens (tertiary/aromatic N) is 3. The van der Waals surface area contributed by atoms with E-state index in [1.165, 1.54) is 0 Å². The van der Waals surface area contributed by atoms with Crippen molar-refractivity contribution in [1.29, 1.82) is 0 Å². The molecule has 8 heteroatoms. The second kappa shape index (κ2) is 9.20. The van der Waals surface area contributed by atoms with E-state index in [0.717, 1.165) is 77.1 Å². The number of amides is 1. The fourth-order valence-corrected chi connectivity index (χ4v) is 6.27. The lowest BCUT2D eigenvalue weighted by molar-refractivity contribution is -0.122. The predicted molar refractivity (Wildman–Crippen MR) is 150 cm³/mol. The number of nitrogens with two attached hydrogens (primary N) is 1. The van der Waals surface area contributed by atoms with Crippen LogP contribution < -0.4 is 16.4 Å². The summed E-state index contributed by atoms with van der Waals surface area (Å²) in [6, 6.07) is 18.5. The van der Waals surface area contributed by atoms with Crippen LogP contribution in [0.3, 0.4) is 0 Å². The normalized spacial score (nSPS) is 20.9. The van der Waals surface area contributed by atoms with Gasteiger partial charge in [0.1, 0.15) is 22.9 Å². The summed E-state index contributed by atoms with van der Waals surface area (Å²) in [4.78, 5) is 26.0. The number of imidazole rings is 1. The Bertz CT molecular complexity index is 1610. The van der Waals surface area contributed by atoms with Gasteiger partial charge in [0.15, 0.2) is 0 Å². The average Bonchev–Trinajstić information content (AvgIpc) is 3.67. The van der Waals surface area contributed by atoms with Crippen molar-refractivity contribution < 1.29 is 4.79 Å². The fraction of sp³-hybridized carbons (Fsp3) is 0.300. The quantitative estimate of drug-likeness (QED) is 0.267. The van der Waals surface area contributed by atoms with Gasteiger partial charge in [-0.15, -0.1) is 0 Å². The van der Waals surface area contributed by atoms with Gasteiger partial charge < -0.3 is 21.4 Å². The van der Waals surface area contributed by atoms with Gasteiger partial charge in [0.05, 0.1) is 11.6 Å². The summed E-state index contributed by atoms with van der Waals surface area (Å²) in [5, 5.41) is 7.73. The number of aromatic nitrogens is 4. The molecule has 4 heterocycles. The summed E-state index contributed by atoms with van der Waals surface area (Å²) in [6.07, 6.45) is 7.90. The van der Waals surface area contributed by atoms with E-state index in [1.54, 1.807) is 6.20 Å². The van der Waals surface area contributed by atoms with E-state index in [9.17, 15) is 4.79 Å². The third kappa shape index (κ3) is 3.88. The molecular weight excluding hydrogens is 474 g/mol. The maximum atomic E-state index is 12.9. The van der Waals surface area contributed by atoms with E-state index >= 15 is 0 Å². The number of nitrogen functional groups attached to an aromatic ring is 1. The number of para-hydroxylation sites is 2. The molecule has 2 aliphatic rings. The number of H-pyrrole nitrogens is 1. The first-order valence-corrected chi connectivity index (χ1v) is 13.5. The average molecular weight is 506 g/mol. The summed E-state index contributed by atoms with van der Waals surface area (Å²) < 4.78 is 2.13. The van der Waals surface area contributed by atoms with Gasteiger partial charge in [0.2, 0.25) is 5.91 Å². The SMILES string of the molecule is Nc1nccn2c(C3CCC(CNC(=O)C4CNc5ccccc54)CC3)nc(-c3cc4ccccc4[nH]3)c12. The van der Waals surface area contributed by atoms with Crippen molar-refractivity contribution in [2.45, 2.75) is 37.5 Å². The highest BCUT2D eigenvalue weighted by Crippen LogP contribution is 2.39. The molecule has 2 aromatic carbocycles. The van der Waals surface area contributed by atoms with Gasteiger partial charge in [0, 0.05) is 48.0 Å². The van der Waals surface area contributed by atoms with Gasteiger partial charge in [-0.25, -0.2) is 9.97 Å². The van der Waals surface area contributed by atoms with Crippen molar-refractivity contribution in [2.75, 3.05) is 24.1 Å². The molecule has 5 aromatic rings. The summed E-state index contributed by atoms with van der Waals surface area (Å²) in [5.41, 5.74) is 12.3. The molecule has 0 saturated heterocycles. The van der Waals surface area contributed by atoms with E-state index in [-0.39, 0.29) is 11.8 Å². The Morgan fingerprint density at radius 1 is 1.08 bits per heavy atom. The van der Waals surface area contributed by atoms with Crippen LogP contribution in [0.4, 0.5) is 11.5 Å². The number of anilines is 2. The van der Waals surface area contributed by atoms with Crippen molar-refractivity contribution in [3.63, 3.8) is 0 Å². The van der Waals surface area contributed by atoms with Crippen LogP contribution in [0.5, 0.6) is 0 Å². The molecule has 1 amide bonds. The minimum atomic E-state index is -0.110. The van der Waals surface area contributed by atoms with Crippen LogP contribution in [-0.4, -0.2) is 38.3 Å². The standard InChI is InChI=1S/C30H31N7O/c31-28-27-26(25-15-20-5-1-3-7-23(20)35-25)36-29(37(27)14-13-32-28)19-11-9-18(10-12-19)16-34-30(38)22-17-33-24-8-4-2-6-21(22)24/h1-8,13-15,18-19,22,33,35H,9-12,16-17H2,(H2,31,32)(H,34,38). The second-order valence-corrected chi connectivity index (χ2v) is 10.6. The van der Waals surface area contributed by atoms with Gasteiger partial charge in [-0.2, -0.15) is 0 Å². The Morgan fingerprint density at radius 3 is 2.76 bits per heavy atom. The number of carbonyl (C=O) groups is 1. The number of aromatic amines is 1. The molecule has 7 rings (SSSR count). The van der Waals surface area contributed by atoms with Crippen molar-refractivity contribution in [3.05, 3.63) is 78.4 Å². The van der Waals surface area contributed by atoms with Crippen molar-refractivity contribution in [3.8, 4) is 11.4 Å². The highest BCUT2D eigenvalue weighted by atomic mass is 16.1. The monoisotopic (exact) mass is 505 g/mol. The first-order chi connectivity index (χ1) is 18.7. The molecule has 1 aliphatic heterocycles. The molecule has 1 atom stereocenters. The Hall–Kier alpha value is -4.33. The third-order valence-electron chi connectivity index (χ3n) is 8.32. The molecule has 38 heavy (non-hydrogen) atoms. The first-order valence-electron chi connectivity index (χ1n) is 13.5. The van der Waals surface area contributed by atoms with Crippen LogP contribution in [0.25, 0.3) is 27.8 Å². The summed E-state index contributed by atoms with van der Waals surface area (Å²) in [6.45, 7) is 1.39. The van der Waals surface area contributed by atoms with Gasteiger partial charge in [0.25, 0.3) is 0 Å². The van der Waals surface area contributed by atoms with Crippen LogP contribution in [0, 0.1) is 5.92 Å². The minimum Gasteiger partial charge on any atom is -0.384 e. The van der Waals surface area contributed by atoms with Crippen LogP contribution in [-0.2, 0) is 4.79 Å². The van der Waals surface area contributed by atoms with E-state index in [4.69, 9.17) is 10.7 Å². The Kier molecular flexibility index (Phi) is 5.53. The zero-order valence-corrected chi connectivity index (χ0v) is 21.2. The number of fused-ring (bicyclic) bond motifs is 3. The molecule has 3 aromatic heterocycles. The van der Waals surface area contributed by atoms with E-state index in [2.05, 4.69) is 43.2 Å². The summed E-state index contributed by atoms with van der Waals surface area (Å²) in [7, 11) is 0. The lowest BCUT2D eigenvalue weighted by Gasteiger charge is -2.28. The number of hydrogen-bond acceptors (Lipinski definition) is 5. The molecule has 1 unspecified atom stereocenters. The van der Waals surface area contributed by atoms with E-state index in [0.29, 0.717) is 24.2 Å². The second-order valence-electron chi connectivity index (χ2n) is 10.6. The lowest BCUT2D eigenvalue weighted by atomic mass is 9.81. The molecule has 5 N–H and O–H groups in total. The zero-order chi connectivity index (χ0) is 25.6. The first kappa shape index (κ1) is 22.8. The van der Waals surface area contributed by atoms with Crippen molar-refractivity contribution >= 4 is 33.8 Å². The number of hydrogen-bond donors (Lipinski definition) is 4. The van der Waals surface area contributed by atoms with Crippen LogP contribution in [0.15, 0.2) is 67.0 Å². The summed E-state index contributed by atoms with van der Waals surface area (Å²) >= 11 is 0. The maximum absolute atomic E-state index is 12.9. The molecule has 1 fully saturated rings. The molecule has 0 spiro atoms. The highest BCUT2D eigenvalue weighted by molar-refractivity contribution is 5.91. The Morgan fingerprint density at radius 2 is 1.89 bits per heavy atom. The Labute approximate surface area is 220 Å². The lowest BCUT2D eigenvalue weighted by Crippen LogP contribution is -2.35. The van der Waals surface area contributed by atoms with Crippen molar-refractivity contribution in [1.82, 2.24) is 24.7 Å². The van der Waals surface area contributed by atoms with Crippen LogP contribution >= 0.6 is 0 Å². The molecule has 192 valence electrons. The Balaban J connectivity index is 1.06. The molecule has 8 nitrogen and oxygen atoms in total. The van der Waals surface area contributed by atoms with Gasteiger partial charge in [-0.1, -0.05) is 36.4 Å². The summed E-state index contributed by atoms with van der Waals surface area (Å²) in [5.74, 6) is 2.35. The number of carbonyl (C=O) groups excluding carboxylic acids is 1. The predicted octanol–water partition coefficient (Wildman–Crippen LogP) is 5.06. The number of rotatable bonds is 5. The largest absolute Gasteiger partial charge is 0.384 e. The number of benzene rings is 2. The molecule has 1 aliphatic carbocycles. The fourth-order valence-electron chi connectivity index (χ4n) is 6.27. The van der Waals surface area contributed by atoms with Crippen LogP contribution in [0.1, 0.15) is 48.9 Å². The van der Waals surface area contributed by atoms with Gasteiger partial charge in [-0.05, 0) is 55.4 Å².